The molecule has 0 radical (unpaired) electrons. The molecule has 0 spiro atoms. The van der Waals surface area contributed by atoms with Crippen molar-refractivity contribution in [1.82, 2.24) is 0 Å². The first-order chi connectivity index (χ1) is 10.7. The molecular weight excluding hydrogens is 312 g/mol. The summed E-state index contributed by atoms with van der Waals surface area (Å²) in [5.74, 6) is 1.33. The van der Waals surface area contributed by atoms with Crippen LogP contribution in [0.3, 0.4) is 0 Å². The highest BCUT2D eigenvalue weighted by atomic mass is 32.2. The molecule has 22 heavy (non-hydrogen) atoms. The first-order valence-corrected chi connectivity index (χ1v) is 9.13. The minimum Gasteiger partial charge on any atom is -0.488 e. The van der Waals surface area contributed by atoms with Gasteiger partial charge in [0.2, 0.25) is 0 Å². The van der Waals surface area contributed by atoms with E-state index in [0.29, 0.717) is 24.0 Å². The van der Waals surface area contributed by atoms with E-state index in [4.69, 9.17) is 4.74 Å². The molecule has 2 rings (SSSR count). The van der Waals surface area contributed by atoms with Crippen molar-refractivity contribution >= 4 is 29.5 Å². The zero-order valence-electron chi connectivity index (χ0n) is 12.7. The van der Waals surface area contributed by atoms with Gasteiger partial charge in [0, 0.05) is 14.7 Å². The Bertz CT molecular complexity index is 651. The molecule has 114 valence electrons. The number of rotatable bonds is 7. The topological polar surface area (TPSA) is 26.3 Å². The van der Waals surface area contributed by atoms with Crippen LogP contribution in [-0.2, 0) is 22.5 Å². The molecule has 0 aliphatic heterocycles. The monoisotopic (exact) mass is 331 g/mol. The van der Waals surface area contributed by atoms with Crippen molar-refractivity contribution in [3.05, 3.63) is 70.1 Å². The minimum atomic E-state index is 0.479. The molecule has 2 nitrogen and oxygen atoms in total. The van der Waals surface area contributed by atoms with Gasteiger partial charge < -0.3 is 4.74 Å². The molecule has 0 saturated carbocycles. The van der Waals surface area contributed by atoms with E-state index in [1.54, 1.807) is 11.8 Å². The highest BCUT2D eigenvalue weighted by Crippen LogP contribution is 2.26. The lowest BCUT2D eigenvalue weighted by Gasteiger charge is -2.11. The Morgan fingerprint density at radius 3 is 2.68 bits per heavy atom. The predicted octanol–water partition coefficient (Wildman–Crippen LogP) is 4.71. The van der Waals surface area contributed by atoms with E-state index in [9.17, 15) is 4.21 Å². The number of ether oxygens (including phenoxy) is 1. The number of hydrogen-bond donors (Lipinski definition) is 0. The lowest BCUT2D eigenvalue weighted by Crippen LogP contribution is -1.97. The van der Waals surface area contributed by atoms with E-state index < -0.39 is 0 Å². The molecule has 0 atom stereocenters. The summed E-state index contributed by atoms with van der Waals surface area (Å²) in [5.41, 5.74) is 3.31. The van der Waals surface area contributed by atoms with E-state index in [1.165, 1.54) is 0 Å². The molecule has 4 heteroatoms. The van der Waals surface area contributed by atoms with E-state index in [2.05, 4.69) is 6.07 Å². The lowest BCUT2D eigenvalue weighted by atomic mass is 10.1. The average Bonchev–Trinajstić information content (AvgIpc) is 2.55. The van der Waals surface area contributed by atoms with Crippen LogP contribution in [-0.4, -0.2) is 12.0 Å². The van der Waals surface area contributed by atoms with E-state index in [0.717, 1.165) is 27.3 Å². The second kappa shape index (κ2) is 8.71. The highest BCUT2D eigenvalue weighted by Gasteiger charge is 2.09. The van der Waals surface area contributed by atoms with E-state index in [1.807, 2.05) is 61.7 Å². The second-order valence-electron chi connectivity index (χ2n) is 4.89. The summed E-state index contributed by atoms with van der Waals surface area (Å²) in [4.78, 5) is 1.05. The van der Waals surface area contributed by atoms with Crippen LogP contribution in [0.2, 0.25) is 0 Å². The van der Waals surface area contributed by atoms with Gasteiger partial charge in [-0.3, -0.25) is 0 Å². The van der Waals surface area contributed by atoms with Gasteiger partial charge >= 0.3 is 11.7 Å². The van der Waals surface area contributed by atoms with Crippen LogP contribution in [0.4, 0.5) is 0 Å². The molecular formula is C18H19O2S2+. The Morgan fingerprint density at radius 2 is 2.00 bits per heavy atom. The summed E-state index contributed by atoms with van der Waals surface area (Å²) in [5, 5.41) is 0. The molecule has 0 saturated heterocycles. The van der Waals surface area contributed by atoms with Crippen molar-refractivity contribution < 1.29 is 8.95 Å². The summed E-state index contributed by atoms with van der Waals surface area (Å²) in [6.45, 7) is 2.59. The smallest absolute Gasteiger partial charge is 0.464 e. The standard InChI is InChI=1S/C18H19O2S2/c1-14-8-9-16(11-17(21-2)13-22-19)18(10-14)20-12-15-6-4-3-5-7-15/h3-11H,12-13H2,1-2H3/q+1. The molecule has 0 N–H and O–H groups in total. The minimum absolute atomic E-state index is 0.479. The number of thioether (sulfide) groups is 1. The molecule has 0 aliphatic rings. The SMILES string of the molecule is CSC(=Cc1ccc(C)cc1OCc1ccccc1)C[S+]=O. The Morgan fingerprint density at radius 1 is 1.23 bits per heavy atom. The highest BCUT2D eigenvalue weighted by molar-refractivity contribution is 8.03. The second-order valence-corrected chi connectivity index (χ2v) is 6.35. The first kappa shape index (κ1) is 16.7. The fraction of sp³-hybridized carbons (Fsp3) is 0.222. The summed E-state index contributed by atoms with van der Waals surface area (Å²) in [7, 11) is 0. The van der Waals surface area contributed by atoms with Crippen LogP contribution in [0.1, 0.15) is 16.7 Å². The zero-order valence-corrected chi connectivity index (χ0v) is 14.4. The van der Waals surface area contributed by atoms with Crippen LogP contribution < -0.4 is 4.74 Å². The molecule has 0 fully saturated rings. The van der Waals surface area contributed by atoms with Crippen molar-refractivity contribution in [2.24, 2.45) is 0 Å². The van der Waals surface area contributed by atoms with Crippen molar-refractivity contribution in [2.75, 3.05) is 12.0 Å². The van der Waals surface area contributed by atoms with Gasteiger partial charge in [-0.05, 0) is 36.4 Å². The van der Waals surface area contributed by atoms with Gasteiger partial charge in [-0.25, -0.2) is 0 Å². The molecule has 0 aromatic heterocycles. The molecule has 0 unspecified atom stereocenters. The molecule has 2 aromatic rings. The molecule has 0 amide bonds. The van der Waals surface area contributed by atoms with Gasteiger partial charge in [0.15, 0.2) is 0 Å². The van der Waals surface area contributed by atoms with Gasteiger partial charge in [-0.1, -0.05) is 42.5 Å². The third-order valence-corrected chi connectivity index (χ3v) is 4.58. The Hall–Kier alpha value is -1.65. The number of aryl methyl sites for hydroxylation is 1. The summed E-state index contributed by atoms with van der Waals surface area (Å²) < 4.78 is 16.8. The predicted molar refractivity (Wildman–Crippen MR) is 96.4 cm³/mol. The fourth-order valence-electron chi connectivity index (χ4n) is 2.01. The summed E-state index contributed by atoms with van der Waals surface area (Å²) in [6.07, 6.45) is 4.02. The largest absolute Gasteiger partial charge is 0.488 e. The van der Waals surface area contributed by atoms with Crippen molar-refractivity contribution in [1.29, 1.82) is 0 Å². The van der Waals surface area contributed by atoms with E-state index in [-0.39, 0.29) is 0 Å². The average molecular weight is 331 g/mol. The fourth-order valence-corrected chi connectivity index (χ4v) is 3.07. The first-order valence-electron chi connectivity index (χ1n) is 6.99. The van der Waals surface area contributed by atoms with Gasteiger partial charge in [0.1, 0.15) is 12.4 Å². The lowest BCUT2D eigenvalue weighted by molar-refractivity contribution is 0.305. The quantitative estimate of drug-likeness (QED) is 0.688. The van der Waals surface area contributed by atoms with Crippen molar-refractivity contribution in [3.8, 4) is 5.75 Å². The maximum absolute atomic E-state index is 10.8. The Kier molecular flexibility index (Phi) is 6.62. The van der Waals surface area contributed by atoms with Crippen LogP contribution >= 0.6 is 11.8 Å². The molecule has 2 aromatic carbocycles. The van der Waals surface area contributed by atoms with Gasteiger partial charge in [0.25, 0.3) is 5.75 Å². The maximum atomic E-state index is 10.8. The third kappa shape index (κ3) is 4.97. The summed E-state index contributed by atoms with van der Waals surface area (Å²) in [6, 6.07) is 16.2. The van der Waals surface area contributed by atoms with Crippen molar-refractivity contribution in [2.45, 2.75) is 13.5 Å². The van der Waals surface area contributed by atoms with Gasteiger partial charge in [-0.2, -0.15) is 0 Å². The number of benzene rings is 2. The van der Waals surface area contributed by atoms with Gasteiger partial charge in [0.05, 0.1) is 0 Å². The van der Waals surface area contributed by atoms with Gasteiger partial charge in [-0.15, -0.1) is 11.8 Å². The van der Waals surface area contributed by atoms with E-state index >= 15 is 0 Å². The van der Waals surface area contributed by atoms with Crippen LogP contribution in [0, 0.1) is 6.92 Å². The van der Waals surface area contributed by atoms with Crippen LogP contribution in [0.15, 0.2) is 53.4 Å². The zero-order chi connectivity index (χ0) is 15.8. The maximum Gasteiger partial charge on any atom is 0.464 e. The Balaban J connectivity index is 2.22. The molecule has 0 aliphatic carbocycles. The van der Waals surface area contributed by atoms with Crippen molar-refractivity contribution in [3.63, 3.8) is 0 Å². The van der Waals surface area contributed by atoms with Crippen LogP contribution in [0.5, 0.6) is 5.75 Å². The third-order valence-electron chi connectivity index (χ3n) is 3.19. The number of hydrogen-bond acceptors (Lipinski definition) is 3. The summed E-state index contributed by atoms with van der Waals surface area (Å²) >= 11 is 2.19. The Labute approximate surface area is 140 Å². The molecule has 0 heterocycles. The molecule has 0 bridgehead atoms. The van der Waals surface area contributed by atoms with Crippen LogP contribution in [0.25, 0.3) is 6.08 Å². The normalized spacial score (nSPS) is 11.3.